The lowest BCUT2D eigenvalue weighted by Gasteiger charge is -2.13. The normalized spacial score (nSPS) is 11.9. The highest BCUT2D eigenvalue weighted by Crippen LogP contribution is 2.24. The van der Waals surface area contributed by atoms with Crippen LogP contribution in [0.5, 0.6) is 5.75 Å². The molecule has 2 atom stereocenters. The summed E-state index contributed by atoms with van der Waals surface area (Å²) >= 11 is 0. The molecule has 0 amide bonds. The van der Waals surface area contributed by atoms with Gasteiger partial charge in [-0.2, -0.15) is 0 Å². The molecule has 2 aromatic carbocycles. The predicted octanol–water partition coefficient (Wildman–Crippen LogP) is 3.14. The van der Waals surface area contributed by atoms with Crippen molar-refractivity contribution in [2.45, 2.75) is 13.1 Å². The summed E-state index contributed by atoms with van der Waals surface area (Å²) < 4.78 is 0. The third-order valence-corrected chi connectivity index (χ3v) is 5.28. The van der Waals surface area contributed by atoms with Crippen LogP contribution in [0.2, 0.25) is 0 Å². The van der Waals surface area contributed by atoms with Gasteiger partial charge in [0, 0.05) is 5.30 Å². The summed E-state index contributed by atoms with van der Waals surface area (Å²) in [7, 11) is 1.47. The molecule has 0 radical (unpaired) electrons. The fourth-order valence-electron chi connectivity index (χ4n) is 1.96. The summed E-state index contributed by atoms with van der Waals surface area (Å²) in [5.41, 5.74) is 2.75. The van der Waals surface area contributed by atoms with Gasteiger partial charge in [0.1, 0.15) is 5.75 Å². The maximum Gasteiger partial charge on any atom is 0.123 e. The molecule has 0 aliphatic carbocycles. The van der Waals surface area contributed by atoms with Crippen molar-refractivity contribution in [2.75, 3.05) is 6.66 Å². The lowest BCUT2D eigenvalue weighted by molar-refractivity contribution is 0.480. The minimum Gasteiger partial charge on any atom is -0.507 e. The quantitative estimate of drug-likeness (QED) is 0.851. The largest absolute Gasteiger partial charge is 0.507 e. The molecule has 1 nitrogen and oxygen atoms in total. The average Bonchev–Trinajstić information content (AvgIpc) is 2.36. The van der Waals surface area contributed by atoms with Crippen molar-refractivity contribution in [3.05, 3.63) is 53.6 Å². The van der Waals surface area contributed by atoms with Crippen molar-refractivity contribution in [1.82, 2.24) is 0 Å². The van der Waals surface area contributed by atoms with Crippen LogP contribution in [0, 0.1) is 6.92 Å². The molecule has 1 N–H and O–H groups in total. The molecule has 0 saturated carbocycles. The monoisotopic (exact) mass is 276 g/mol. The third kappa shape index (κ3) is 3.10. The van der Waals surface area contributed by atoms with Gasteiger partial charge in [-0.05, 0) is 42.2 Å². The zero-order chi connectivity index (χ0) is 13.0. The van der Waals surface area contributed by atoms with Crippen molar-refractivity contribution in [2.24, 2.45) is 0 Å². The molecule has 0 aromatic heterocycles. The Hall–Kier alpha value is -0.900. The molecule has 2 rings (SSSR count). The molecule has 0 fully saturated rings. The minimum absolute atomic E-state index is 0.406. The molecule has 94 valence electrons. The van der Waals surface area contributed by atoms with Crippen LogP contribution in [0.15, 0.2) is 42.5 Å². The number of hydrogen-bond donors (Lipinski definition) is 1. The van der Waals surface area contributed by atoms with Crippen LogP contribution >= 0.6 is 17.2 Å². The van der Waals surface area contributed by atoms with E-state index in [4.69, 9.17) is 0 Å². The molecular formula is C15H18OP2. The highest BCUT2D eigenvalue weighted by Gasteiger charge is 2.08. The Morgan fingerprint density at radius 1 is 1.06 bits per heavy atom. The zero-order valence-corrected chi connectivity index (χ0v) is 12.7. The van der Waals surface area contributed by atoms with E-state index in [1.165, 1.54) is 16.4 Å². The van der Waals surface area contributed by atoms with E-state index in [2.05, 4.69) is 31.8 Å². The van der Waals surface area contributed by atoms with E-state index in [9.17, 15) is 5.11 Å². The minimum atomic E-state index is 0.406. The molecule has 0 aliphatic rings. The Morgan fingerprint density at radius 2 is 1.83 bits per heavy atom. The Labute approximate surface area is 112 Å². The first-order chi connectivity index (χ1) is 8.72. The lowest BCUT2D eigenvalue weighted by atomic mass is 10.2. The first-order valence-corrected chi connectivity index (χ1v) is 8.71. The second-order valence-electron chi connectivity index (χ2n) is 4.28. The van der Waals surface area contributed by atoms with Crippen LogP contribution in [0.25, 0.3) is 0 Å². The number of aromatic hydroxyl groups is 1. The highest BCUT2D eigenvalue weighted by atomic mass is 31.1. The highest BCUT2D eigenvalue weighted by molar-refractivity contribution is 7.56. The van der Waals surface area contributed by atoms with E-state index in [-0.39, 0.29) is 0 Å². The molecule has 0 heterocycles. The Morgan fingerprint density at radius 3 is 2.56 bits per heavy atom. The topological polar surface area (TPSA) is 20.2 Å². The van der Waals surface area contributed by atoms with Crippen molar-refractivity contribution in [3.8, 4) is 5.75 Å². The Bertz CT molecular complexity index is 538. The average molecular weight is 276 g/mol. The standard InChI is InChI=1S/C15H18OP2/c1-11-6-5-7-12(10-17-2)15(11)18-14-9-4-3-8-13(14)16/h3-9,16-18H,10H2,1-2H3. The number of benzene rings is 2. The van der Waals surface area contributed by atoms with Crippen LogP contribution in [0.3, 0.4) is 0 Å². The van der Waals surface area contributed by atoms with Gasteiger partial charge in [-0.3, -0.25) is 0 Å². The number of phenols is 1. The fourth-order valence-corrected chi connectivity index (χ4v) is 4.08. The molecule has 0 bridgehead atoms. The lowest BCUT2D eigenvalue weighted by Crippen LogP contribution is -2.11. The first kappa shape index (κ1) is 13.5. The van der Waals surface area contributed by atoms with Crippen molar-refractivity contribution >= 4 is 27.8 Å². The number of rotatable bonds is 4. The van der Waals surface area contributed by atoms with Crippen LogP contribution < -0.4 is 10.6 Å². The molecule has 0 saturated heterocycles. The summed E-state index contributed by atoms with van der Waals surface area (Å²) in [6.45, 7) is 4.39. The molecule has 2 aromatic rings. The van der Waals surface area contributed by atoms with Crippen LogP contribution in [-0.2, 0) is 6.16 Å². The molecule has 2 unspecified atom stereocenters. The summed E-state index contributed by atoms with van der Waals surface area (Å²) in [6.07, 6.45) is 1.14. The Kier molecular flexibility index (Phi) is 4.75. The maximum absolute atomic E-state index is 9.89. The molecule has 3 heteroatoms. The van der Waals surface area contributed by atoms with E-state index in [1.807, 2.05) is 18.2 Å². The third-order valence-electron chi connectivity index (χ3n) is 2.89. The van der Waals surface area contributed by atoms with Gasteiger partial charge in [0.25, 0.3) is 0 Å². The van der Waals surface area contributed by atoms with Crippen molar-refractivity contribution in [1.29, 1.82) is 0 Å². The molecule has 0 spiro atoms. The van der Waals surface area contributed by atoms with Crippen LogP contribution in [0.1, 0.15) is 11.1 Å². The Balaban J connectivity index is 2.36. The van der Waals surface area contributed by atoms with E-state index in [0.29, 0.717) is 14.3 Å². The van der Waals surface area contributed by atoms with Crippen LogP contribution in [-0.4, -0.2) is 11.8 Å². The smallest absolute Gasteiger partial charge is 0.123 e. The van der Waals surface area contributed by atoms with E-state index in [0.717, 1.165) is 20.0 Å². The van der Waals surface area contributed by atoms with Gasteiger partial charge in [-0.15, -0.1) is 8.58 Å². The summed E-state index contributed by atoms with van der Waals surface area (Å²) in [5, 5.41) is 12.3. The first-order valence-electron chi connectivity index (χ1n) is 6.00. The fraction of sp³-hybridized carbons (Fsp3) is 0.200. The van der Waals surface area contributed by atoms with Crippen LogP contribution in [0.4, 0.5) is 0 Å². The number of hydrogen-bond acceptors (Lipinski definition) is 1. The summed E-state index contributed by atoms with van der Waals surface area (Å²) in [4.78, 5) is 0. The number of phenolic OH excluding ortho intramolecular Hbond substituents is 1. The molecular weight excluding hydrogens is 258 g/mol. The second-order valence-corrected chi connectivity index (χ2v) is 6.63. The summed E-state index contributed by atoms with van der Waals surface area (Å²) in [5.74, 6) is 0.406. The number of para-hydroxylation sites is 1. The summed E-state index contributed by atoms with van der Waals surface area (Å²) in [6, 6.07) is 14.1. The van der Waals surface area contributed by atoms with Gasteiger partial charge in [-0.25, -0.2) is 0 Å². The molecule has 0 aliphatic heterocycles. The maximum atomic E-state index is 9.89. The van der Waals surface area contributed by atoms with Gasteiger partial charge in [0.05, 0.1) is 0 Å². The van der Waals surface area contributed by atoms with Crippen molar-refractivity contribution in [3.63, 3.8) is 0 Å². The van der Waals surface area contributed by atoms with Crippen molar-refractivity contribution < 1.29 is 5.11 Å². The number of aryl methyl sites for hydroxylation is 1. The molecule has 18 heavy (non-hydrogen) atoms. The predicted molar refractivity (Wildman–Crippen MR) is 84.8 cm³/mol. The second kappa shape index (κ2) is 6.32. The van der Waals surface area contributed by atoms with Gasteiger partial charge in [0.2, 0.25) is 0 Å². The van der Waals surface area contributed by atoms with Gasteiger partial charge >= 0.3 is 0 Å². The van der Waals surface area contributed by atoms with Gasteiger partial charge < -0.3 is 5.11 Å². The van der Waals surface area contributed by atoms with Gasteiger partial charge in [0.15, 0.2) is 0 Å². The SMILES string of the molecule is CPCc1cccc(C)c1Pc1ccccc1O. The van der Waals surface area contributed by atoms with E-state index < -0.39 is 0 Å². The van der Waals surface area contributed by atoms with E-state index >= 15 is 0 Å². The zero-order valence-electron chi connectivity index (χ0n) is 10.7. The van der Waals surface area contributed by atoms with Gasteiger partial charge in [-0.1, -0.05) is 45.0 Å². The van der Waals surface area contributed by atoms with E-state index in [1.54, 1.807) is 6.07 Å².